The van der Waals surface area contributed by atoms with Gasteiger partial charge >= 0.3 is 0 Å². The SMILES string of the molecule is N#CCc1nnc(NC(=O)c2ccco2)s1. The van der Waals surface area contributed by atoms with Crippen LogP contribution in [0.15, 0.2) is 22.8 Å². The highest BCUT2D eigenvalue weighted by molar-refractivity contribution is 7.15. The van der Waals surface area contributed by atoms with Gasteiger partial charge in [0.25, 0.3) is 5.91 Å². The molecule has 0 aliphatic carbocycles. The summed E-state index contributed by atoms with van der Waals surface area (Å²) in [5.41, 5.74) is 0. The van der Waals surface area contributed by atoms with Gasteiger partial charge in [0.05, 0.1) is 18.8 Å². The Labute approximate surface area is 94.5 Å². The van der Waals surface area contributed by atoms with Gasteiger partial charge in [-0.3, -0.25) is 10.1 Å². The molecule has 0 aliphatic rings. The summed E-state index contributed by atoms with van der Waals surface area (Å²) in [6.07, 6.45) is 1.60. The summed E-state index contributed by atoms with van der Waals surface area (Å²) < 4.78 is 4.91. The van der Waals surface area contributed by atoms with Crippen LogP contribution in [0.5, 0.6) is 0 Å². The van der Waals surface area contributed by atoms with E-state index in [2.05, 4.69) is 15.5 Å². The van der Waals surface area contributed by atoms with Crippen molar-refractivity contribution in [1.82, 2.24) is 10.2 Å². The first kappa shape index (κ1) is 10.3. The van der Waals surface area contributed by atoms with Crippen LogP contribution in [0.4, 0.5) is 5.13 Å². The monoisotopic (exact) mass is 234 g/mol. The smallest absolute Gasteiger partial charge is 0.293 e. The summed E-state index contributed by atoms with van der Waals surface area (Å²) >= 11 is 1.16. The van der Waals surface area contributed by atoms with E-state index in [1.165, 1.54) is 6.26 Å². The number of nitrogens with zero attached hydrogens (tertiary/aromatic N) is 3. The topological polar surface area (TPSA) is 91.8 Å². The molecule has 0 atom stereocenters. The molecular formula is C9H6N4O2S. The maximum atomic E-state index is 11.5. The van der Waals surface area contributed by atoms with Gasteiger partial charge in [-0.15, -0.1) is 10.2 Å². The number of nitriles is 1. The molecule has 0 spiro atoms. The predicted molar refractivity (Wildman–Crippen MR) is 55.9 cm³/mol. The summed E-state index contributed by atoms with van der Waals surface area (Å²) in [5.74, 6) is -0.179. The molecule has 2 aromatic heterocycles. The Balaban J connectivity index is 2.04. The Morgan fingerprint density at radius 3 is 3.19 bits per heavy atom. The molecule has 1 N–H and O–H groups in total. The average molecular weight is 234 g/mol. The standard InChI is InChI=1S/C9H6N4O2S/c10-4-3-7-12-13-9(16-7)11-8(14)6-2-1-5-15-6/h1-2,5H,3H2,(H,11,13,14). The van der Waals surface area contributed by atoms with Crippen molar-refractivity contribution in [3.05, 3.63) is 29.2 Å². The van der Waals surface area contributed by atoms with E-state index in [4.69, 9.17) is 9.68 Å². The largest absolute Gasteiger partial charge is 0.459 e. The molecule has 7 heteroatoms. The molecule has 0 bridgehead atoms. The molecule has 16 heavy (non-hydrogen) atoms. The zero-order chi connectivity index (χ0) is 11.4. The van der Waals surface area contributed by atoms with Gasteiger partial charge in [-0.25, -0.2) is 0 Å². The summed E-state index contributed by atoms with van der Waals surface area (Å²) in [4.78, 5) is 11.5. The van der Waals surface area contributed by atoms with Gasteiger partial charge in [-0.05, 0) is 12.1 Å². The number of carbonyl (C=O) groups excluding carboxylic acids is 1. The molecule has 6 nitrogen and oxygen atoms in total. The lowest BCUT2D eigenvalue weighted by atomic mass is 10.4. The highest BCUT2D eigenvalue weighted by Crippen LogP contribution is 2.16. The van der Waals surface area contributed by atoms with E-state index in [9.17, 15) is 4.79 Å². The van der Waals surface area contributed by atoms with Crippen LogP contribution in [-0.4, -0.2) is 16.1 Å². The summed E-state index contributed by atoms with van der Waals surface area (Å²) in [7, 11) is 0. The van der Waals surface area contributed by atoms with Crippen molar-refractivity contribution in [2.24, 2.45) is 0 Å². The average Bonchev–Trinajstić information content (AvgIpc) is 2.89. The minimum absolute atomic E-state index is 0.189. The summed E-state index contributed by atoms with van der Waals surface area (Å²) in [5, 5.41) is 19.4. The third kappa shape index (κ3) is 2.24. The second-order valence-corrected chi connectivity index (χ2v) is 3.83. The Morgan fingerprint density at radius 1 is 1.62 bits per heavy atom. The molecule has 2 heterocycles. The first-order valence-electron chi connectivity index (χ1n) is 4.34. The predicted octanol–water partition coefficient (Wildman–Crippen LogP) is 1.45. The molecule has 2 aromatic rings. The Hall–Kier alpha value is -2.20. The van der Waals surface area contributed by atoms with E-state index in [1.54, 1.807) is 12.1 Å². The zero-order valence-corrected chi connectivity index (χ0v) is 8.82. The van der Waals surface area contributed by atoms with Crippen molar-refractivity contribution in [3.8, 4) is 6.07 Å². The van der Waals surface area contributed by atoms with Gasteiger partial charge in [0.1, 0.15) is 5.01 Å². The van der Waals surface area contributed by atoms with Gasteiger partial charge in [-0.1, -0.05) is 11.3 Å². The molecule has 0 unspecified atom stereocenters. The van der Waals surface area contributed by atoms with Crippen LogP contribution in [0.2, 0.25) is 0 Å². The van der Waals surface area contributed by atoms with Crippen LogP contribution in [-0.2, 0) is 6.42 Å². The number of amides is 1. The van der Waals surface area contributed by atoms with Crippen molar-refractivity contribution < 1.29 is 9.21 Å². The number of anilines is 1. The lowest BCUT2D eigenvalue weighted by Gasteiger charge is -1.95. The molecule has 80 valence electrons. The molecule has 2 rings (SSSR count). The highest BCUT2D eigenvalue weighted by atomic mass is 32.1. The summed E-state index contributed by atoms with van der Waals surface area (Å²) in [6.45, 7) is 0. The van der Waals surface area contributed by atoms with E-state index >= 15 is 0 Å². The molecular weight excluding hydrogens is 228 g/mol. The van der Waals surface area contributed by atoms with Crippen LogP contribution < -0.4 is 5.32 Å². The molecule has 0 aromatic carbocycles. The molecule has 0 saturated heterocycles. The van der Waals surface area contributed by atoms with Crippen LogP contribution in [0.25, 0.3) is 0 Å². The van der Waals surface area contributed by atoms with Crippen molar-refractivity contribution in [2.45, 2.75) is 6.42 Å². The van der Waals surface area contributed by atoms with Crippen LogP contribution in [0.3, 0.4) is 0 Å². The number of hydrogen-bond donors (Lipinski definition) is 1. The van der Waals surface area contributed by atoms with Gasteiger partial charge in [-0.2, -0.15) is 5.26 Å². The maximum absolute atomic E-state index is 11.5. The third-order valence-corrected chi connectivity index (χ3v) is 2.50. The van der Waals surface area contributed by atoms with Crippen LogP contribution in [0, 0.1) is 11.3 Å². The Bertz CT molecular complexity index is 526. The molecule has 1 amide bonds. The number of aromatic nitrogens is 2. The fraction of sp³-hybridized carbons (Fsp3) is 0.111. The Kier molecular flexibility index (Phi) is 2.93. The first-order valence-corrected chi connectivity index (χ1v) is 5.15. The van der Waals surface area contributed by atoms with Crippen molar-refractivity contribution in [2.75, 3.05) is 5.32 Å². The second-order valence-electron chi connectivity index (χ2n) is 2.77. The molecule has 0 fully saturated rings. The molecule has 0 aliphatic heterocycles. The quantitative estimate of drug-likeness (QED) is 0.867. The van der Waals surface area contributed by atoms with E-state index in [0.717, 1.165) is 11.3 Å². The van der Waals surface area contributed by atoms with E-state index < -0.39 is 0 Å². The number of furan rings is 1. The van der Waals surface area contributed by atoms with Gasteiger partial charge in [0.2, 0.25) is 5.13 Å². The molecule has 0 saturated carbocycles. The number of hydrogen-bond acceptors (Lipinski definition) is 6. The second kappa shape index (κ2) is 4.55. The van der Waals surface area contributed by atoms with E-state index in [-0.39, 0.29) is 18.1 Å². The number of carbonyl (C=O) groups is 1. The van der Waals surface area contributed by atoms with Gasteiger partial charge < -0.3 is 4.42 Å². The minimum Gasteiger partial charge on any atom is -0.459 e. The van der Waals surface area contributed by atoms with Crippen LogP contribution in [0.1, 0.15) is 15.6 Å². The van der Waals surface area contributed by atoms with Crippen molar-refractivity contribution in [1.29, 1.82) is 5.26 Å². The fourth-order valence-corrected chi connectivity index (χ4v) is 1.68. The Morgan fingerprint density at radius 2 is 2.50 bits per heavy atom. The van der Waals surface area contributed by atoms with Crippen molar-refractivity contribution >= 4 is 22.4 Å². The van der Waals surface area contributed by atoms with Crippen molar-refractivity contribution in [3.63, 3.8) is 0 Å². The summed E-state index contributed by atoms with van der Waals surface area (Å²) in [6, 6.07) is 5.12. The number of rotatable bonds is 3. The van der Waals surface area contributed by atoms with Gasteiger partial charge in [0, 0.05) is 0 Å². The minimum atomic E-state index is -0.385. The maximum Gasteiger partial charge on any atom is 0.293 e. The van der Waals surface area contributed by atoms with E-state index in [1.807, 2.05) is 6.07 Å². The lowest BCUT2D eigenvalue weighted by Crippen LogP contribution is -2.10. The zero-order valence-electron chi connectivity index (χ0n) is 8.01. The third-order valence-electron chi connectivity index (χ3n) is 1.66. The van der Waals surface area contributed by atoms with E-state index in [0.29, 0.717) is 10.1 Å². The number of nitrogens with one attached hydrogen (secondary N) is 1. The normalized spacial score (nSPS) is 9.69. The van der Waals surface area contributed by atoms with Gasteiger partial charge in [0.15, 0.2) is 5.76 Å². The first-order chi connectivity index (χ1) is 7.79. The fourth-order valence-electron chi connectivity index (χ4n) is 1.01. The highest BCUT2D eigenvalue weighted by Gasteiger charge is 2.11. The lowest BCUT2D eigenvalue weighted by molar-refractivity contribution is 0.0996. The van der Waals surface area contributed by atoms with Crippen LogP contribution >= 0.6 is 11.3 Å². The molecule has 0 radical (unpaired) electrons.